The van der Waals surface area contributed by atoms with E-state index in [1.807, 2.05) is 19.9 Å². The van der Waals surface area contributed by atoms with Crippen molar-refractivity contribution >= 4 is 22.8 Å². The van der Waals surface area contributed by atoms with Crippen LogP contribution in [0.15, 0.2) is 40.3 Å². The van der Waals surface area contributed by atoms with Crippen molar-refractivity contribution in [3.05, 3.63) is 63.3 Å². The number of rotatable bonds is 3. The Bertz CT molecular complexity index is 890. The van der Waals surface area contributed by atoms with E-state index in [0.29, 0.717) is 21.9 Å². The fourth-order valence-corrected chi connectivity index (χ4v) is 3.07. The third-order valence-electron chi connectivity index (χ3n) is 3.27. The first kappa shape index (κ1) is 14.7. The lowest BCUT2D eigenvalue weighted by molar-refractivity contribution is 0.627. The number of nitrogens with one attached hydrogen (secondary N) is 1. The average Bonchev–Trinajstić information content (AvgIpc) is 2.45. The number of aryl methyl sites for hydroxylation is 2. The van der Waals surface area contributed by atoms with Gasteiger partial charge in [0.15, 0.2) is 10.8 Å². The minimum atomic E-state index is -0.263. The molecule has 0 atom stereocenters. The van der Waals surface area contributed by atoms with Crippen molar-refractivity contribution in [3.63, 3.8) is 0 Å². The molecule has 1 N–H and O–H groups in total. The summed E-state index contributed by atoms with van der Waals surface area (Å²) in [5, 5.41) is 1.04. The van der Waals surface area contributed by atoms with Crippen LogP contribution in [-0.4, -0.2) is 15.0 Å². The lowest BCUT2D eigenvalue weighted by Crippen LogP contribution is -2.12. The molecule has 112 valence electrons. The second-order valence-corrected chi connectivity index (χ2v) is 6.03. The van der Waals surface area contributed by atoms with Crippen molar-refractivity contribution in [2.45, 2.75) is 24.8 Å². The Balaban J connectivity index is 1.91. The summed E-state index contributed by atoms with van der Waals surface area (Å²) < 4.78 is 12.9. The summed E-state index contributed by atoms with van der Waals surface area (Å²) >= 11 is 1.39. The van der Waals surface area contributed by atoms with Crippen LogP contribution in [0.5, 0.6) is 0 Å². The van der Waals surface area contributed by atoms with Crippen molar-refractivity contribution in [1.82, 2.24) is 15.0 Å². The van der Waals surface area contributed by atoms with Gasteiger partial charge in [0, 0.05) is 11.4 Å². The van der Waals surface area contributed by atoms with Gasteiger partial charge in [0.1, 0.15) is 5.82 Å². The molecule has 1 aromatic carbocycles. The molecule has 0 aliphatic heterocycles. The smallest absolute Gasteiger partial charge is 0.261 e. The number of thioether (sulfide) groups is 1. The van der Waals surface area contributed by atoms with E-state index in [9.17, 15) is 9.18 Å². The SMILES string of the molecule is Cc1cc(C)c2c(=O)[nH]c(SCc3ccc(F)cc3)nc2n1. The van der Waals surface area contributed by atoms with Crippen LogP contribution < -0.4 is 5.56 Å². The molecule has 2 aromatic heterocycles. The maximum absolute atomic E-state index is 12.9. The highest BCUT2D eigenvalue weighted by molar-refractivity contribution is 7.98. The van der Waals surface area contributed by atoms with Crippen LogP contribution in [-0.2, 0) is 5.75 Å². The second kappa shape index (κ2) is 5.88. The van der Waals surface area contributed by atoms with E-state index in [1.54, 1.807) is 12.1 Å². The Labute approximate surface area is 130 Å². The monoisotopic (exact) mass is 315 g/mol. The summed E-state index contributed by atoms with van der Waals surface area (Å²) in [7, 11) is 0. The minimum Gasteiger partial charge on any atom is -0.301 e. The molecular formula is C16H14FN3OS. The van der Waals surface area contributed by atoms with Gasteiger partial charge in [0.25, 0.3) is 5.56 Å². The topological polar surface area (TPSA) is 58.6 Å². The first-order chi connectivity index (χ1) is 10.5. The fourth-order valence-electron chi connectivity index (χ4n) is 2.26. The van der Waals surface area contributed by atoms with E-state index in [1.165, 1.54) is 23.9 Å². The molecule has 3 aromatic rings. The van der Waals surface area contributed by atoms with Crippen molar-refractivity contribution in [1.29, 1.82) is 0 Å². The Morgan fingerprint density at radius 1 is 1.18 bits per heavy atom. The van der Waals surface area contributed by atoms with Crippen LogP contribution in [0.25, 0.3) is 11.0 Å². The summed E-state index contributed by atoms with van der Waals surface area (Å²) in [5.74, 6) is 0.334. The molecule has 0 fully saturated rings. The summed E-state index contributed by atoms with van der Waals surface area (Å²) in [6.45, 7) is 3.75. The number of pyridine rings is 1. The van der Waals surface area contributed by atoms with Crippen LogP contribution in [0.3, 0.4) is 0 Å². The van der Waals surface area contributed by atoms with Crippen LogP contribution >= 0.6 is 11.8 Å². The number of H-pyrrole nitrogens is 1. The largest absolute Gasteiger partial charge is 0.301 e. The van der Waals surface area contributed by atoms with Gasteiger partial charge in [-0.3, -0.25) is 4.79 Å². The van der Waals surface area contributed by atoms with Gasteiger partial charge in [-0.15, -0.1) is 0 Å². The van der Waals surface area contributed by atoms with Crippen molar-refractivity contribution in [2.24, 2.45) is 0 Å². The quantitative estimate of drug-likeness (QED) is 0.595. The van der Waals surface area contributed by atoms with E-state index in [4.69, 9.17) is 0 Å². The van der Waals surface area contributed by atoms with E-state index >= 15 is 0 Å². The Kier molecular flexibility index (Phi) is 3.94. The zero-order chi connectivity index (χ0) is 15.7. The van der Waals surface area contributed by atoms with Gasteiger partial charge in [0.05, 0.1) is 5.39 Å². The summed E-state index contributed by atoms with van der Waals surface area (Å²) in [4.78, 5) is 23.7. The van der Waals surface area contributed by atoms with E-state index in [0.717, 1.165) is 16.8 Å². The average molecular weight is 315 g/mol. The van der Waals surface area contributed by atoms with Gasteiger partial charge in [-0.05, 0) is 43.2 Å². The van der Waals surface area contributed by atoms with Crippen LogP contribution in [0.2, 0.25) is 0 Å². The molecule has 4 nitrogen and oxygen atoms in total. The second-order valence-electron chi connectivity index (χ2n) is 5.07. The zero-order valence-corrected chi connectivity index (χ0v) is 13.0. The molecule has 0 saturated carbocycles. The number of hydrogen-bond donors (Lipinski definition) is 1. The maximum atomic E-state index is 12.9. The van der Waals surface area contributed by atoms with Gasteiger partial charge < -0.3 is 4.98 Å². The number of benzene rings is 1. The maximum Gasteiger partial charge on any atom is 0.261 e. The standard InChI is InChI=1S/C16H14FN3OS/c1-9-7-10(2)18-14-13(9)15(21)20-16(19-14)22-8-11-3-5-12(17)6-4-11/h3-7H,8H2,1-2H3,(H,18,19,20,21). The fraction of sp³-hybridized carbons (Fsp3) is 0.188. The number of nitrogens with zero attached hydrogens (tertiary/aromatic N) is 2. The van der Waals surface area contributed by atoms with Gasteiger partial charge >= 0.3 is 0 Å². The predicted octanol–water partition coefficient (Wildman–Crippen LogP) is 3.37. The van der Waals surface area contributed by atoms with Gasteiger partial charge in [-0.25, -0.2) is 14.4 Å². The number of aromatic nitrogens is 3. The van der Waals surface area contributed by atoms with Gasteiger partial charge in [0.2, 0.25) is 0 Å². The lowest BCUT2D eigenvalue weighted by atomic mass is 10.2. The third kappa shape index (κ3) is 3.01. The third-order valence-corrected chi connectivity index (χ3v) is 4.21. The van der Waals surface area contributed by atoms with Crippen molar-refractivity contribution in [3.8, 4) is 0 Å². The lowest BCUT2D eigenvalue weighted by Gasteiger charge is -2.05. The molecule has 22 heavy (non-hydrogen) atoms. The summed E-state index contributed by atoms with van der Waals surface area (Å²) in [6.07, 6.45) is 0. The highest BCUT2D eigenvalue weighted by Crippen LogP contribution is 2.20. The van der Waals surface area contributed by atoms with Gasteiger partial charge in [-0.1, -0.05) is 23.9 Å². The predicted molar refractivity (Wildman–Crippen MR) is 85.6 cm³/mol. The number of hydrogen-bond acceptors (Lipinski definition) is 4. The highest BCUT2D eigenvalue weighted by Gasteiger charge is 2.09. The Morgan fingerprint density at radius 3 is 2.64 bits per heavy atom. The van der Waals surface area contributed by atoms with E-state index in [2.05, 4.69) is 15.0 Å². The highest BCUT2D eigenvalue weighted by atomic mass is 32.2. The van der Waals surface area contributed by atoms with E-state index < -0.39 is 0 Å². The molecule has 3 rings (SSSR count). The molecule has 0 radical (unpaired) electrons. The zero-order valence-electron chi connectivity index (χ0n) is 12.2. The minimum absolute atomic E-state index is 0.184. The number of aromatic amines is 1. The molecule has 0 amide bonds. The Morgan fingerprint density at radius 2 is 1.91 bits per heavy atom. The molecule has 0 bridgehead atoms. The first-order valence-corrected chi connectivity index (χ1v) is 7.77. The summed E-state index contributed by atoms with van der Waals surface area (Å²) in [6, 6.07) is 8.13. The Hall–Kier alpha value is -2.21. The molecule has 0 unspecified atom stereocenters. The molecule has 0 aliphatic carbocycles. The molecule has 0 spiro atoms. The molecule has 2 heterocycles. The number of fused-ring (bicyclic) bond motifs is 1. The normalized spacial score (nSPS) is 11.0. The van der Waals surface area contributed by atoms with Crippen molar-refractivity contribution in [2.75, 3.05) is 0 Å². The van der Waals surface area contributed by atoms with Crippen LogP contribution in [0.4, 0.5) is 4.39 Å². The summed E-state index contributed by atoms with van der Waals surface area (Å²) in [5.41, 5.74) is 2.94. The van der Waals surface area contributed by atoms with E-state index in [-0.39, 0.29) is 11.4 Å². The number of halogens is 1. The molecule has 0 saturated heterocycles. The van der Waals surface area contributed by atoms with Crippen molar-refractivity contribution < 1.29 is 4.39 Å². The first-order valence-electron chi connectivity index (χ1n) is 6.78. The molecule has 0 aliphatic rings. The van der Waals surface area contributed by atoms with Crippen LogP contribution in [0.1, 0.15) is 16.8 Å². The van der Waals surface area contributed by atoms with Gasteiger partial charge in [-0.2, -0.15) is 0 Å². The molecular weight excluding hydrogens is 301 g/mol. The van der Waals surface area contributed by atoms with Crippen LogP contribution in [0, 0.1) is 19.7 Å². The molecule has 6 heteroatoms.